The maximum Gasteiger partial charge on any atom is 0.273 e. The molecule has 0 heterocycles. The number of nitro groups is 1. The Morgan fingerprint density at radius 1 is 1.60 bits per heavy atom. The normalized spacial score (nSPS) is 9.40. The van der Waals surface area contributed by atoms with E-state index in [-0.39, 0.29) is 18.2 Å². The zero-order valence-corrected chi connectivity index (χ0v) is 8.10. The Hall–Kier alpha value is -2.11. The van der Waals surface area contributed by atoms with Crippen molar-refractivity contribution in [2.24, 2.45) is 0 Å². The van der Waals surface area contributed by atoms with Crippen LogP contribution in [0.2, 0.25) is 0 Å². The fourth-order valence-corrected chi connectivity index (χ4v) is 0.908. The highest BCUT2D eigenvalue weighted by Gasteiger charge is 2.07. The summed E-state index contributed by atoms with van der Waals surface area (Å²) in [5.41, 5.74) is -0.0654. The number of nitrogens with zero attached hydrogens (tertiary/aromatic N) is 1. The molecule has 0 aliphatic carbocycles. The van der Waals surface area contributed by atoms with E-state index in [0.717, 1.165) is 0 Å². The van der Waals surface area contributed by atoms with Crippen molar-refractivity contribution in [2.75, 3.05) is 13.7 Å². The fraction of sp³-hybridized carbons (Fsp3) is 0.222. The monoisotopic (exact) mass is 210 g/mol. The van der Waals surface area contributed by atoms with Gasteiger partial charge in [0.1, 0.15) is 5.75 Å². The predicted molar refractivity (Wildman–Crippen MR) is 52.7 cm³/mol. The van der Waals surface area contributed by atoms with Gasteiger partial charge in [-0.3, -0.25) is 14.9 Å². The molecular formula is C9H10N2O4. The molecule has 1 amide bonds. The largest absolute Gasteiger partial charge is 0.484 e. The Labute approximate surface area is 86.0 Å². The molecule has 1 N–H and O–H groups in total. The third-order valence-electron chi connectivity index (χ3n) is 1.68. The van der Waals surface area contributed by atoms with Gasteiger partial charge in [-0.05, 0) is 6.07 Å². The quantitative estimate of drug-likeness (QED) is 0.586. The first kappa shape index (κ1) is 11.0. The third kappa shape index (κ3) is 3.26. The maximum absolute atomic E-state index is 10.8. The van der Waals surface area contributed by atoms with E-state index in [1.807, 2.05) is 0 Å². The number of carbonyl (C=O) groups is 1. The molecule has 6 nitrogen and oxygen atoms in total. The number of likely N-dealkylation sites (N-methyl/N-ethyl adjacent to an activating group) is 1. The van der Waals surface area contributed by atoms with Crippen LogP contribution in [0.1, 0.15) is 0 Å². The molecule has 0 saturated carbocycles. The van der Waals surface area contributed by atoms with Crippen LogP contribution in [-0.4, -0.2) is 24.5 Å². The standard InChI is InChI=1S/C9H10N2O4/c1-10-9(12)6-15-8-4-2-3-7(5-8)11(13)14/h2-5H,6H2,1H3,(H,10,12). The maximum atomic E-state index is 10.8. The van der Waals surface area contributed by atoms with Crippen LogP contribution in [0.3, 0.4) is 0 Å². The highest BCUT2D eigenvalue weighted by atomic mass is 16.6. The smallest absolute Gasteiger partial charge is 0.273 e. The molecule has 0 bridgehead atoms. The molecule has 0 saturated heterocycles. The van der Waals surface area contributed by atoms with Crippen molar-refractivity contribution >= 4 is 11.6 Å². The molecule has 6 heteroatoms. The molecule has 0 aromatic heterocycles. The van der Waals surface area contributed by atoms with E-state index in [4.69, 9.17) is 4.74 Å². The van der Waals surface area contributed by atoms with Gasteiger partial charge >= 0.3 is 0 Å². The first-order chi connectivity index (χ1) is 7.13. The molecule has 0 aliphatic heterocycles. The van der Waals surface area contributed by atoms with Gasteiger partial charge in [0.05, 0.1) is 11.0 Å². The number of nitrogens with one attached hydrogen (secondary N) is 1. The number of benzene rings is 1. The lowest BCUT2D eigenvalue weighted by Crippen LogP contribution is -2.24. The van der Waals surface area contributed by atoms with Gasteiger partial charge in [-0.25, -0.2) is 0 Å². The molecule has 0 fully saturated rings. The Morgan fingerprint density at radius 3 is 2.93 bits per heavy atom. The lowest BCUT2D eigenvalue weighted by molar-refractivity contribution is -0.384. The summed E-state index contributed by atoms with van der Waals surface area (Å²) in [7, 11) is 1.49. The molecule has 80 valence electrons. The average molecular weight is 210 g/mol. The Balaban J connectivity index is 2.66. The van der Waals surface area contributed by atoms with E-state index in [2.05, 4.69) is 5.32 Å². The van der Waals surface area contributed by atoms with Gasteiger partial charge in [0.2, 0.25) is 0 Å². The zero-order valence-electron chi connectivity index (χ0n) is 8.10. The van der Waals surface area contributed by atoms with Crippen LogP contribution in [0.15, 0.2) is 24.3 Å². The summed E-state index contributed by atoms with van der Waals surface area (Å²) in [5, 5.41) is 12.8. The van der Waals surface area contributed by atoms with E-state index >= 15 is 0 Å². The van der Waals surface area contributed by atoms with Crippen molar-refractivity contribution in [2.45, 2.75) is 0 Å². The van der Waals surface area contributed by atoms with Crippen LogP contribution in [-0.2, 0) is 4.79 Å². The highest BCUT2D eigenvalue weighted by Crippen LogP contribution is 2.18. The van der Waals surface area contributed by atoms with Crippen molar-refractivity contribution < 1.29 is 14.5 Å². The molecule has 1 rings (SSSR count). The van der Waals surface area contributed by atoms with Gasteiger partial charge in [0.25, 0.3) is 11.6 Å². The van der Waals surface area contributed by atoms with Gasteiger partial charge < -0.3 is 10.1 Å². The Bertz CT molecular complexity index is 378. The third-order valence-corrected chi connectivity index (χ3v) is 1.68. The Morgan fingerprint density at radius 2 is 2.33 bits per heavy atom. The average Bonchev–Trinajstić information content (AvgIpc) is 2.26. The minimum atomic E-state index is -0.521. The molecule has 0 spiro atoms. The molecular weight excluding hydrogens is 200 g/mol. The van der Waals surface area contributed by atoms with Crippen molar-refractivity contribution in [3.63, 3.8) is 0 Å². The van der Waals surface area contributed by atoms with Crippen molar-refractivity contribution in [1.29, 1.82) is 0 Å². The van der Waals surface area contributed by atoms with E-state index < -0.39 is 4.92 Å². The van der Waals surface area contributed by atoms with Crippen LogP contribution < -0.4 is 10.1 Å². The first-order valence-corrected chi connectivity index (χ1v) is 4.21. The van der Waals surface area contributed by atoms with Crippen molar-refractivity contribution in [3.8, 4) is 5.75 Å². The number of carbonyl (C=O) groups excluding carboxylic acids is 1. The lowest BCUT2D eigenvalue weighted by atomic mass is 10.3. The summed E-state index contributed by atoms with van der Waals surface area (Å²) in [4.78, 5) is 20.7. The molecule has 1 aromatic rings. The summed E-state index contributed by atoms with van der Waals surface area (Å²) in [6.07, 6.45) is 0. The van der Waals surface area contributed by atoms with E-state index in [0.29, 0.717) is 5.75 Å². The van der Waals surface area contributed by atoms with E-state index in [1.54, 1.807) is 6.07 Å². The summed E-state index contributed by atoms with van der Waals surface area (Å²) in [6, 6.07) is 5.67. The summed E-state index contributed by atoms with van der Waals surface area (Å²) in [6.45, 7) is -0.155. The van der Waals surface area contributed by atoms with Crippen LogP contribution in [0, 0.1) is 10.1 Å². The number of amides is 1. The Kier molecular flexibility index (Phi) is 3.61. The molecule has 0 atom stereocenters. The highest BCUT2D eigenvalue weighted by molar-refractivity contribution is 5.77. The SMILES string of the molecule is CNC(=O)COc1cccc([N+](=O)[O-])c1. The number of hydrogen-bond donors (Lipinski definition) is 1. The van der Waals surface area contributed by atoms with Crippen molar-refractivity contribution in [3.05, 3.63) is 34.4 Å². The molecule has 0 unspecified atom stereocenters. The van der Waals surface area contributed by atoms with Gasteiger partial charge in [-0.1, -0.05) is 6.07 Å². The minimum absolute atomic E-state index is 0.0654. The number of rotatable bonds is 4. The molecule has 1 aromatic carbocycles. The van der Waals surface area contributed by atoms with E-state index in [1.165, 1.54) is 25.2 Å². The predicted octanol–water partition coefficient (Wildman–Crippen LogP) is 0.720. The molecule has 0 aliphatic rings. The second-order valence-corrected chi connectivity index (χ2v) is 2.72. The first-order valence-electron chi connectivity index (χ1n) is 4.21. The fourth-order valence-electron chi connectivity index (χ4n) is 0.908. The van der Waals surface area contributed by atoms with Gasteiger partial charge in [-0.15, -0.1) is 0 Å². The lowest BCUT2D eigenvalue weighted by Gasteiger charge is -2.04. The second kappa shape index (κ2) is 4.94. The number of non-ortho nitro benzene ring substituents is 1. The topological polar surface area (TPSA) is 81.5 Å². The van der Waals surface area contributed by atoms with Crippen LogP contribution in [0.4, 0.5) is 5.69 Å². The summed E-state index contributed by atoms with van der Waals surface area (Å²) < 4.78 is 5.03. The minimum Gasteiger partial charge on any atom is -0.484 e. The second-order valence-electron chi connectivity index (χ2n) is 2.72. The number of nitro benzene ring substituents is 1. The zero-order chi connectivity index (χ0) is 11.3. The summed E-state index contributed by atoms with van der Waals surface area (Å²) in [5.74, 6) is 0.00862. The van der Waals surface area contributed by atoms with Crippen LogP contribution in [0.25, 0.3) is 0 Å². The van der Waals surface area contributed by atoms with Crippen LogP contribution in [0.5, 0.6) is 5.75 Å². The molecule has 0 radical (unpaired) electrons. The van der Waals surface area contributed by atoms with Gasteiger partial charge in [-0.2, -0.15) is 0 Å². The van der Waals surface area contributed by atoms with Gasteiger partial charge in [0, 0.05) is 13.1 Å². The van der Waals surface area contributed by atoms with E-state index in [9.17, 15) is 14.9 Å². The van der Waals surface area contributed by atoms with Gasteiger partial charge in [0.15, 0.2) is 6.61 Å². The number of hydrogen-bond acceptors (Lipinski definition) is 4. The molecule has 15 heavy (non-hydrogen) atoms. The summed E-state index contributed by atoms with van der Waals surface area (Å²) >= 11 is 0. The number of ether oxygens (including phenoxy) is 1. The van der Waals surface area contributed by atoms with Crippen molar-refractivity contribution in [1.82, 2.24) is 5.32 Å². The van der Waals surface area contributed by atoms with Crippen LogP contribution >= 0.6 is 0 Å².